The van der Waals surface area contributed by atoms with Crippen LogP contribution in [0.2, 0.25) is 0 Å². The van der Waals surface area contributed by atoms with Gasteiger partial charge in [-0.15, -0.1) is 0 Å². The van der Waals surface area contributed by atoms with E-state index in [9.17, 15) is 0 Å². The van der Waals surface area contributed by atoms with Gasteiger partial charge in [-0.3, -0.25) is 4.90 Å². The summed E-state index contributed by atoms with van der Waals surface area (Å²) in [5, 5.41) is 0. The molecule has 1 heterocycles. The number of nitrogens with zero attached hydrogens (tertiary/aromatic N) is 1. The van der Waals surface area contributed by atoms with Crippen molar-refractivity contribution in [2.75, 3.05) is 19.6 Å². The van der Waals surface area contributed by atoms with Crippen LogP contribution in [0.25, 0.3) is 0 Å². The van der Waals surface area contributed by atoms with Crippen molar-refractivity contribution in [1.82, 2.24) is 4.90 Å². The van der Waals surface area contributed by atoms with Gasteiger partial charge in [0, 0.05) is 18.6 Å². The van der Waals surface area contributed by atoms with Crippen molar-refractivity contribution in [3.8, 4) is 0 Å². The van der Waals surface area contributed by atoms with Crippen molar-refractivity contribution in [3.63, 3.8) is 0 Å². The fourth-order valence-electron chi connectivity index (χ4n) is 4.56. The fourth-order valence-corrected chi connectivity index (χ4v) is 4.56. The number of hydrogen-bond acceptors (Lipinski definition) is 2. The van der Waals surface area contributed by atoms with E-state index in [2.05, 4.69) is 25.7 Å². The molecule has 20 heavy (non-hydrogen) atoms. The number of nitrogens with two attached hydrogens (primary N) is 1. The first-order valence-electron chi connectivity index (χ1n) is 9.06. The van der Waals surface area contributed by atoms with Crippen LogP contribution in [0.5, 0.6) is 0 Å². The molecule has 0 radical (unpaired) electrons. The topological polar surface area (TPSA) is 29.3 Å². The van der Waals surface area contributed by atoms with Crippen molar-refractivity contribution >= 4 is 0 Å². The molecular weight excluding hydrogens is 244 g/mol. The van der Waals surface area contributed by atoms with E-state index in [1.165, 1.54) is 64.5 Å². The molecule has 0 aromatic rings. The average Bonchev–Trinajstić information content (AvgIpc) is 2.71. The third kappa shape index (κ3) is 3.57. The SMILES string of the molecule is CCC1CCCN(C2(CN)CCCC(C(C)C)CC2)C1. The van der Waals surface area contributed by atoms with Crippen LogP contribution < -0.4 is 5.73 Å². The van der Waals surface area contributed by atoms with Crippen LogP contribution in [0.1, 0.15) is 72.1 Å². The van der Waals surface area contributed by atoms with Crippen molar-refractivity contribution in [3.05, 3.63) is 0 Å². The third-order valence-corrected chi connectivity index (χ3v) is 6.29. The van der Waals surface area contributed by atoms with Gasteiger partial charge in [-0.05, 0) is 56.4 Å². The second-order valence-electron chi connectivity index (χ2n) is 7.73. The Kier molecular flexibility index (Phi) is 5.92. The van der Waals surface area contributed by atoms with Gasteiger partial charge in [-0.1, -0.05) is 40.0 Å². The molecule has 3 unspecified atom stereocenters. The van der Waals surface area contributed by atoms with Gasteiger partial charge in [0.25, 0.3) is 0 Å². The highest BCUT2D eigenvalue weighted by atomic mass is 15.2. The molecule has 1 saturated carbocycles. The van der Waals surface area contributed by atoms with Crippen LogP contribution >= 0.6 is 0 Å². The van der Waals surface area contributed by atoms with Gasteiger partial charge < -0.3 is 5.73 Å². The van der Waals surface area contributed by atoms with E-state index in [0.29, 0.717) is 5.54 Å². The lowest BCUT2D eigenvalue weighted by Crippen LogP contribution is -2.56. The molecule has 2 fully saturated rings. The largest absolute Gasteiger partial charge is 0.329 e. The van der Waals surface area contributed by atoms with E-state index in [4.69, 9.17) is 5.73 Å². The minimum Gasteiger partial charge on any atom is -0.329 e. The first-order chi connectivity index (χ1) is 9.61. The maximum Gasteiger partial charge on any atom is 0.0331 e. The van der Waals surface area contributed by atoms with Crippen LogP contribution in [0.4, 0.5) is 0 Å². The summed E-state index contributed by atoms with van der Waals surface area (Å²) in [4.78, 5) is 2.80. The average molecular weight is 280 g/mol. The summed E-state index contributed by atoms with van der Waals surface area (Å²) in [7, 11) is 0. The van der Waals surface area contributed by atoms with Crippen molar-refractivity contribution in [2.24, 2.45) is 23.5 Å². The van der Waals surface area contributed by atoms with Crippen LogP contribution in [-0.2, 0) is 0 Å². The molecule has 118 valence electrons. The molecule has 0 aromatic heterocycles. The number of rotatable bonds is 4. The summed E-state index contributed by atoms with van der Waals surface area (Å²) in [6.07, 6.45) is 11.0. The lowest BCUT2D eigenvalue weighted by atomic mass is 9.83. The zero-order chi connectivity index (χ0) is 14.6. The Morgan fingerprint density at radius 1 is 1.15 bits per heavy atom. The molecule has 3 atom stereocenters. The fraction of sp³-hybridized carbons (Fsp3) is 1.00. The molecule has 1 aliphatic heterocycles. The minimum absolute atomic E-state index is 0.331. The van der Waals surface area contributed by atoms with Crippen LogP contribution in [0.3, 0.4) is 0 Å². The summed E-state index contributed by atoms with van der Waals surface area (Å²) in [6, 6.07) is 0. The van der Waals surface area contributed by atoms with E-state index in [1.807, 2.05) is 0 Å². The second kappa shape index (κ2) is 7.26. The quantitative estimate of drug-likeness (QED) is 0.787. The maximum atomic E-state index is 6.31. The first-order valence-corrected chi connectivity index (χ1v) is 9.06. The standard InChI is InChI=1S/C18H36N2/c1-4-16-7-6-12-20(13-16)18(14-19)10-5-8-17(9-11-18)15(2)3/h15-17H,4-14,19H2,1-3H3. The summed E-state index contributed by atoms with van der Waals surface area (Å²) >= 11 is 0. The van der Waals surface area contributed by atoms with Gasteiger partial charge in [-0.25, -0.2) is 0 Å². The van der Waals surface area contributed by atoms with Gasteiger partial charge in [0.1, 0.15) is 0 Å². The highest BCUT2D eigenvalue weighted by Crippen LogP contribution is 2.39. The molecule has 0 amide bonds. The molecule has 1 aliphatic carbocycles. The molecule has 1 saturated heterocycles. The van der Waals surface area contributed by atoms with Crippen molar-refractivity contribution < 1.29 is 0 Å². The monoisotopic (exact) mass is 280 g/mol. The number of likely N-dealkylation sites (tertiary alicyclic amines) is 1. The van der Waals surface area contributed by atoms with Gasteiger partial charge in [0.2, 0.25) is 0 Å². The van der Waals surface area contributed by atoms with Gasteiger partial charge in [-0.2, -0.15) is 0 Å². The predicted molar refractivity (Wildman–Crippen MR) is 87.8 cm³/mol. The summed E-state index contributed by atoms with van der Waals surface area (Å²) in [5.41, 5.74) is 6.64. The van der Waals surface area contributed by atoms with Gasteiger partial charge >= 0.3 is 0 Å². The van der Waals surface area contributed by atoms with Crippen LogP contribution in [-0.4, -0.2) is 30.1 Å². The molecule has 2 N–H and O–H groups in total. The lowest BCUT2D eigenvalue weighted by molar-refractivity contribution is 0.0337. The third-order valence-electron chi connectivity index (χ3n) is 6.29. The van der Waals surface area contributed by atoms with Crippen molar-refractivity contribution in [2.45, 2.75) is 77.7 Å². The van der Waals surface area contributed by atoms with E-state index in [1.54, 1.807) is 0 Å². The highest BCUT2D eigenvalue weighted by molar-refractivity contribution is 4.96. The molecule has 2 heteroatoms. The van der Waals surface area contributed by atoms with E-state index >= 15 is 0 Å². The number of piperidine rings is 1. The molecule has 2 rings (SSSR count). The van der Waals surface area contributed by atoms with Gasteiger partial charge in [0.15, 0.2) is 0 Å². The maximum absolute atomic E-state index is 6.31. The Balaban J connectivity index is 2.04. The molecule has 0 aromatic carbocycles. The summed E-state index contributed by atoms with van der Waals surface area (Å²) in [6.45, 7) is 10.6. The summed E-state index contributed by atoms with van der Waals surface area (Å²) < 4.78 is 0. The normalized spacial score (nSPS) is 37.0. The Hall–Kier alpha value is -0.0800. The molecule has 2 nitrogen and oxygen atoms in total. The van der Waals surface area contributed by atoms with E-state index in [-0.39, 0.29) is 0 Å². The second-order valence-corrected chi connectivity index (χ2v) is 7.73. The zero-order valence-electron chi connectivity index (χ0n) is 14.0. The van der Waals surface area contributed by atoms with Crippen LogP contribution in [0.15, 0.2) is 0 Å². The first kappa shape index (κ1) is 16.3. The minimum atomic E-state index is 0.331. The smallest absolute Gasteiger partial charge is 0.0331 e. The molecule has 0 spiro atoms. The lowest BCUT2D eigenvalue weighted by Gasteiger charge is -2.47. The molecular formula is C18H36N2. The van der Waals surface area contributed by atoms with E-state index in [0.717, 1.165) is 24.3 Å². The van der Waals surface area contributed by atoms with Gasteiger partial charge in [0.05, 0.1) is 0 Å². The zero-order valence-corrected chi connectivity index (χ0v) is 14.0. The Bertz CT molecular complexity index is 289. The Morgan fingerprint density at radius 3 is 2.60 bits per heavy atom. The Morgan fingerprint density at radius 2 is 1.95 bits per heavy atom. The summed E-state index contributed by atoms with van der Waals surface area (Å²) in [5.74, 6) is 2.68. The highest BCUT2D eigenvalue weighted by Gasteiger charge is 2.39. The predicted octanol–water partition coefficient (Wildman–Crippen LogP) is 4.04. The van der Waals surface area contributed by atoms with E-state index < -0.39 is 0 Å². The molecule has 2 aliphatic rings. The number of hydrogen-bond donors (Lipinski definition) is 1. The van der Waals surface area contributed by atoms with Crippen LogP contribution in [0, 0.1) is 17.8 Å². The molecule has 0 bridgehead atoms. The Labute approximate surface area is 126 Å². The van der Waals surface area contributed by atoms with Crippen molar-refractivity contribution in [1.29, 1.82) is 0 Å².